The van der Waals surface area contributed by atoms with Crippen molar-refractivity contribution in [3.05, 3.63) is 70.7 Å². The first-order valence-corrected chi connectivity index (χ1v) is 6.78. The third kappa shape index (κ3) is 3.83. The Bertz CT molecular complexity index is 643. The molecule has 0 aliphatic carbocycles. The van der Waals surface area contributed by atoms with Gasteiger partial charge in [-0.05, 0) is 23.8 Å². The van der Waals surface area contributed by atoms with E-state index in [2.05, 4.69) is 5.32 Å². The van der Waals surface area contributed by atoms with E-state index < -0.39 is 11.9 Å². The molecule has 2 aromatic rings. The summed E-state index contributed by atoms with van der Waals surface area (Å²) >= 11 is 6.02. The minimum absolute atomic E-state index is 0.0210. The van der Waals surface area contributed by atoms with Crippen LogP contribution in [-0.4, -0.2) is 23.5 Å². The summed E-state index contributed by atoms with van der Waals surface area (Å²) in [5.74, 6) is -2.23. The van der Waals surface area contributed by atoms with Gasteiger partial charge in [0.1, 0.15) is 5.92 Å². The molecule has 0 saturated carbocycles. The average molecular weight is 304 g/mol. The van der Waals surface area contributed by atoms with E-state index in [0.29, 0.717) is 16.1 Å². The molecule has 21 heavy (non-hydrogen) atoms. The molecule has 0 radical (unpaired) electrons. The first-order valence-electron chi connectivity index (χ1n) is 6.40. The molecule has 1 unspecified atom stereocenters. The van der Waals surface area contributed by atoms with E-state index in [1.807, 2.05) is 0 Å². The molecule has 0 saturated heterocycles. The van der Waals surface area contributed by atoms with Crippen molar-refractivity contribution in [1.29, 1.82) is 0 Å². The molecule has 0 bridgehead atoms. The summed E-state index contributed by atoms with van der Waals surface area (Å²) in [6, 6.07) is 15.4. The summed E-state index contributed by atoms with van der Waals surface area (Å²) in [5.41, 5.74) is 0.973. The maximum absolute atomic E-state index is 12.0. The zero-order valence-electron chi connectivity index (χ0n) is 11.1. The first kappa shape index (κ1) is 15.1. The van der Waals surface area contributed by atoms with E-state index in [0.717, 1.165) is 0 Å². The lowest BCUT2D eigenvalue weighted by molar-refractivity contribution is -0.138. The van der Waals surface area contributed by atoms with Crippen LogP contribution in [0.2, 0.25) is 5.02 Å². The number of rotatable bonds is 5. The van der Waals surface area contributed by atoms with Gasteiger partial charge in [0.25, 0.3) is 5.91 Å². The van der Waals surface area contributed by atoms with Crippen molar-refractivity contribution in [2.24, 2.45) is 0 Å². The van der Waals surface area contributed by atoms with Crippen LogP contribution in [0.4, 0.5) is 0 Å². The Morgan fingerprint density at radius 2 is 1.67 bits per heavy atom. The average Bonchev–Trinajstić information content (AvgIpc) is 2.49. The molecular formula is C16H14ClNO3. The third-order valence-electron chi connectivity index (χ3n) is 3.08. The highest BCUT2D eigenvalue weighted by Gasteiger charge is 2.22. The number of carboxylic acid groups (broad SMARTS) is 1. The second-order valence-corrected chi connectivity index (χ2v) is 4.90. The molecule has 4 nitrogen and oxygen atoms in total. The van der Waals surface area contributed by atoms with Gasteiger partial charge in [-0.15, -0.1) is 0 Å². The van der Waals surface area contributed by atoms with Gasteiger partial charge in [-0.2, -0.15) is 0 Å². The van der Waals surface area contributed by atoms with Crippen LogP contribution >= 0.6 is 11.6 Å². The number of carbonyl (C=O) groups excluding carboxylic acids is 1. The van der Waals surface area contributed by atoms with Gasteiger partial charge >= 0.3 is 5.97 Å². The van der Waals surface area contributed by atoms with E-state index >= 15 is 0 Å². The summed E-state index contributed by atoms with van der Waals surface area (Å²) in [6.45, 7) is -0.0210. The molecule has 2 rings (SSSR count). The van der Waals surface area contributed by atoms with Crippen LogP contribution in [0.15, 0.2) is 54.6 Å². The third-order valence-corrected chi connectivity index (χ3v) is 3.43. The van der Waals surface area contributed by atoms with E-state index in [4.69, 9.17) is 11.6 Å². The highest BCUT2D eigenvalue weighted by molar-refractivity contribution is 6.31. The van der Waals surface area contributed by atoms with Gasteiger partial charge in [-0.3, -0.25) is 9.59 Å². The standard InChI is InChI=1S/C16H14ClNO3/c17-14-9-5-4-8-12(14)13(16(20)21)10-18-15(19)11-6-2-1-3-7-11/h1-9,13H,10H2,(H,18,19)(H,20,21). The van der Waals surface area contributed by atoms with Crippen molar-refractivity contribution in [2.75, 3.05) is 6.54 Å². The van der Waals surface area contributed by atoms with Gasteiger partial charge < -0.3 is 10.4 Å². The minimum atomic E-state index is -1.03. The SMILES string of the molecule is O=C(NCC(C(=O)O)c1ccccc1Cl)c1ccccc1. The minimum Gasteiger partial charge on any atom is -0.481 e. The Morgan fingerprint density at radius 1 is 1.05 bits per heavy atom. The molecule has 2 aromatic carbocycles. The molecule has 1 atom stereocenters. The summed E-state index contributed by atoms with van der Waals surface area (Å²) in [5, 5.41) is 12.3. The number of halogens is 1. The van der Waals surface area contributed by atoms with E-state index in [1.54, 1.807) is 54.6 Å². The Balaban J connectivity index is 2.10. The molecule has 0 heterocycles. The lowest BCUT2D eigenvalue weighted by atomic mass is 9.99. The van der Waals surface area contributed by atoms with Gasteiger partial charge in [-0.25, -0.2) is 0 Å². The van der Waals surface area contributed by atoms with E-state index in [9.17, 15) is 14.7 Å². The smallest absolute Gasteiger partial charge is 0.312 e. The van der Waals surface area contributed by atoms with Crippen molar-refractivity contribution in [3.8, 4) is 0 Å². The molecule has 108 valence electrons. The van der Waals surface area contributed by atoms with Crippen molar-refractivity contribution < 1.29 is 14.7 Å². The monoisotopic (exact) mass is 303 g/mol. The maximum atomic E-state index is 12.0. The molecule has 1 amide bonds. The predicted octanol–water partition coefficient (Wildman–Crippen LogP) is 2.94. The second kappa shape index (κ2) is 6.90. The van der Waals surface area contributed by atoms with Gasteiger partial charge in [0.2, 0.25) is 0 Å². The Hall–Kier alpha value is -2.33. The fraction of sp³-hybridized carbons (Fsp3) is 0.125. The predicted molar refractivity (Wildman–Crippen MR) is 80.6 cm³/mol. The Labute approximate surface area is 127 Å². The van der Waals surface area contributed by atoms with Crippen LogP contribution in [0.3, 0.4) is 0 Å². The fourth-order valence-corrected chi connectivity index (χ4v) is 2.24. The van der Waals surface area contributed by atoms with Crippen molar-refractivity contribution in [1.82, 2.24) is 5.32 Å². The molecular weight excluding hydrogens is 290 g/mol. The van der Waals surface area contributed by atoms with Gasteiger partial charge in [0.05, 0.1) is 0 Å². The first-order chi connectivity index (χ1) is 10.1. The number of hydrogen-bond donors (Lipinski definition) is 2. The maximum Gasteiger partial charge on any atom is 0.312 e. The van der Waals surface area contributed by atoms with Crippen LogP contribution in [0.25, 0.3) is 0 Å². The van der Waals surface area contributed by atoms with Crippen LogP contribution in [0.5, 0.6) is 0 Å². The number of hydrogen-bond acceptors (Lipinski definition) is 2. The quantitative estimate of drug-likeness (QED) is 0.892. The van der Waals surface area contributed by atoms with Crippen molar-refractivity contribution in [2.45, 2.75) is 5.92 Å². The van der Waals surface area contributed by atoms with E-state index in [1.165, 1.54) is 0 Å². The largest absolute Gasteiger partial charge is 0.481 e. The highest BCUT2D eigenvalue weighted by atomic mass is 35.5. The lowest BCUT2D eigenvalue weighted by Gasteiger charge is -2.15. The topological polar surface area (TPSA) is 66.4 Å². The van der Waals surface area contributed by atoms with Crippen molar-refractivity contribution >= 4 is 23.5 Å². The molecule has 0 aliphatic heterocycles. The van der Waals surface area contributed by atoms with Crippen LogP contribution in [0, 0.1) is 0 Å². The second-order valence-electron chi connectivity index (χ2n) is 4.49. The number of carboxylic acids is 1. The lowest BCUT2D eigenvalue weighted by Crippen LogP contribution is -2.31. The summed E-state index contributed by atoms with van der Waals surface area (Å²) in [6.07, 6.45) is 0. The van der Waals surface area contributed by atoms with Gasteiger partial charge in [0.15, 0.2) is 0 Å². The fourth-order valence-electron chi connectivity index (χ4n) is 1.97. The molecule has 0 aliphatic rings. The molecule has 0 aromatic heterocycles. The number of nitrogens with one attached hydrogen (secondary N) is 1. The number of amides is 1. The normalized spacial score (nSPS) is 11.7. The van der Waals surface area contributed by atoms with E-state index in [-0.39, 0.29) is 12.5 Å². The Kier molecular flexibility index (Phi) is 4.95. The van der Waals surface area contributed by atoms with Crippen LogP contribution < -0.4 is 5.32 Å². The van der Waals surface area contributed by atoms with Gasteiger partial charge in [0, 0.05) is 17.1 Å². The summed E-state index contributed by atoms with van der Waals surface area (Å²) in [4.78, 5) is 23.3. The Morgan fingerprint density at radius 3 is 2.29 bits per heavy atom. The summed E-state index contributed by atoms with van der Waals surface area (Å²) in [7, 11) is 0. The zero-order chi connectivity index (χ0) is 15.2. The molecule has 2 N–H and O–H groups in total. The number of aliphatic carboxylic acids is 1. The summed E-state index contributed by atoms with van der Waals surface area (Å²) < 4.78 is 0. The highest BCUT2D eigenvalue weighted by Crippen LogP contribution is 2.24. The number of benzene rings is 2. The van der Waals surface area contributed by atoms with Gasteiger partial charge in [-0.1, -0.05) is 48.0 Å². The molecule has 0 spiro atoms. The molecule has 5 heteroatoms. The zero-order valence-corrected chi connectivity index (χ0v) is 11.9. The van der Waals surface area contributed by atoms with Crippen LogP contribution in [-0.2, 0) is 4.79 Å². The van der Waals surface area contributed by atoms with Crippen LogP contribution in [0.1, 0.15) is 21.8 Å². The van der Waals surface area contributed by atoms with Crippen molar-refractivity contribution in [3.63, 3.8) is 0 Å². The number of carbonyl (C=O) groups is 2. The molecule has 0 fully saturated rings.